The molecule has 26 nitrogen and oxygen atoms in total. The fraction of sp³-hybridized carbons (Fsp3) is 0.326. The molecule has 0 spiro atoms. The van der Waals surface area contributed by atoms with Crippen molar-refractivity contribution in [1.82, 2.24) is 55.5 Å². The molecule has 1 aliphatic carbocycles. The van der Waals surface area contributed by atoms with E-state index < -0.39 is 117 Å². The highest BCUT2D eigenvalue weighted by Crippen LogP contribution is 2.49. The number of ether oxygens (including phenoxy) is 6. The molecule has 0 unspecified atom stereocenters. The minimum absolute atomic E-state index is 0.0508. The summed E-state index contributed by atoms with van der Waals surface area (Å²) in [5.41, 5.74) is -1.91. The third-order valence-electron chi connectivity index (χ3n) is 20.0. The number of carbonyl (C=O) groups excluding carboxylic acids is 1. The minimum atomic E-state index is -4.81. The van der Waals surface area contributed by atoms with Crippen molar-refractivity contribution < 1.29 is 113 Å². The largest absolute Gasteiger partial charge is 0.495 e. The maximum Gasteiger partial charge on any atom is 0.423 e. The van der Waals surface area contributed by atoms with Crippen molar-refractivity contribution in [3.8, 4) is 46.5 Å². The Morgan fingerprint density at radius 3 is 1.38 bits per heavy atom. The molecule has 0 bridgehead atoms. The van der Waals surface area contributed by atoms with Gasteiger partial charge in [-0.2, -0.15) is 72.6 Å². The highest BCUT2D eigenvalue weighted by atomic mass is 35.5. The Hall–Kier alpha value is -11.6. The maximum atomic E-state index is 14.6. The molecule has 6 heterocycles. The highest BCUT2D eigenvalue weighted by molar-refractivity contribution is 7.72. The number of rotatable bonds is 29. The van der Waals surface area contributed by atoms with Crippen molar-refractivity contribution in [2.45, 2.75) is 104 Å². The van der Waals surface area contributed by atoms with Gasteiger partial charge in [-0.1, -0.05) is 45.4 Å². The molecule has 11 aromatic rings. The normalized spacial score (nSPS) is 13.3. The summed E-state index contributed by atoms with van der Waals surface area (Å²) in [6, 6.07) is 31.1. The average molecular weight is 1940 g/mol. The molecule has 1 saturated carbocycles. The van der Waals surface area contributed by atoms with Crippen LogP contribution in [0.1, 0.15) is 97.1 Å². The zero-order valence-corrected chi connectivity index (χ0v) is 76.3. The van der Waals surface area contributed by atoms with Gasteiger partial charge in [-0.15, -0.1) is 0 Å². The fourth-order valence-corrected chi connectivity index (χ4v) is 18.0. The van der Waals surface area contributed by atoms with Crippen LogP contribution in [0.2, 0.25) is 5.02 Å². The number of aryl methyl sites for hydroxylation is 1. The standard InChI is InChI=1S/C25H25F4N4O3P.C21H28F3N4O3P.C20H17ClF4N3O2P.C20H20F3N4O3P/c1-3-37(35,4-2)18-10-8-17(9-11-18)36-23-19(25(27,28)29)14-30-24(33-23)32-21-12-5-15(13-20(21)26)22(34)31-16-6-7-16;1-4-32(29,5-2)15-6-7-17(18(12-15)30-3)27-20-26-13-16(21(22,23)24)19(28-20)31-14-8-10-25-11-9-14;1-11-8-13(31(2,3)29)5-6-16(11)27-19-26-10-14(20(23,24)25)18(28-19)30-17-7-4-12(22)9-15(17)21;1-29-17-9-14(31(2,3)28)6-7-16(17)26-19-25-11-15(20(21,22)23)18(27-19)30-12-13-5-4-8-24-10-13/h5,8-14,16H,3-4,6-7H2,1-2H3,(H,31,34)(H,30,32,33);6-7,12-14,25H,4-5,8-11H2,1-3H3,(H,26,27,28);4-10H,1-3H3,(H,26,27,28);4-11H,12H2,1-3H3,(H,25,26,27). The van der Waals surface area contributed by atoms with Crippen molar-refractivity contribution in [1.29, 1.82) is 0 Å². The second kappa shape index (κ2) is 43.2. The number of nitrogens with one attached hydrogen (secondary N) is 6. The van der Waals surface area contributed by atoms with Crippen LogP contribution >= 0.6 is 40.2 Å². The first-order valence-electron chi connectivity index (χ1n) is 40.1. The molecule has 2 fully saturated rings. The Morgan fingerprint density at radius 1 is 0.481 bits per heavy atom. The van der Waals surface area contributed by atoms with Crippen molar-refractivity contribution >= 4 is 114 Å². The summed E-state index contributed by atoms with van der Waals surface area (Å²) in [5, 5.41) is 19.3. The van der Waals surface area contributed by atoms with Crippen LogP contribution < -0.4 is 81.5 Å². The molecule has 1 saturated heterocycles. The van der Waals surface area contributed by atoms with Crippen molar-refractivity contribution in [2.24, 2.45) is 0 Å². The number of amides is 1. The number of alkyl halides is 12. The third-order valence-corrected chi connectivity index (χ3v) is 29.9. The van der Waals surface area contributed by atoms with Crippen LogP contribution in [0.3, 0.4) is 0 Å². The Labute approximate surface area is 748 Å². The van der Waals surface area contributed by atoms with E-state index in [-0.39, 0.29) is 70.3 Å². The zero-order chi connectivity index (χ0) is 95.8. The van der Waals surface area contributed by atoms with Gasteiger partial charge in [0.25, 0.3) is 5.91 Å². The predicted octanol–water partition coefficient (Wildman–Crippen LogP) is 21.3. The van der Waals surface area contributed by atoms with E-state index >= 15 is 0 Å². The molecular formula is C86H90ClF14N15O11P4. The highest BCUT2D eigenvalue weighted by Gasteiger charge is 2.41. The molecule has 2 aliphatic rings. The summed E-state index contributed by atoms with van der Waals surface area (Å²) < 4.78 is 272. The van der Waals surface area contributed by atoms with Crippen LogP contribution in [0.5, 0.6) is 46.5 Å². The van der Waals surface area contributed by atoms with E-state index in [2.05, 4.69) is 76.8 Å². The lowest BCUT2D eigenvalue weighted by Gasteiger charge is -2.24. The van der Waals surface area contributed by atoms with E-state index in [0.29, 0.717) is 130 Å². The average Bonchev–Trinajstić information content (AvgIpc) is 0.943. The number of hydrogen-bond donors (Lipinski definition) is 6. The summed E-state index contributed by atoms with van der Waals surface area (Å²) in [7, 11) is -7.19. The second-order valence-electron chi connectivity index (χ2n) is 30.1. The van der Waals surface area contributed by atoms with Crippen molar-refractivity contribution in [2.75, 3.05) is 99.9 Å². The number of carbonyl (C=O) groups is 1. The third kappa shape index (κ3) is 28.0. The number of methoxy groups -OCH3 is 2. The lowest BCUT2D eigenvalue weighted by molar-refractivity contribution is -0.140. The lowest BCUT2D eigenvalue weighted by atomic mass is 10.1. The van der Waals surface area contributed by atoms with Crippen LogP contribution in [0, 0.1) is 18.6 Å². The van der Waals surface area contributed by atoms with E-state index in [4.69, 9.17) is 40.0 Å². The van der Waals surface area contributed by atoms with Gasteiger partial charge in [0.15, 0.2) is 0 Å². The van der Waals surface area contributed by atoms with Crippen LogP contribution in [0.15, 0.2) is 165 Å². The van der Waals surface area contributed by atoms with E-state index in [0.717, 1.165) is 43.3 Å². The molecule has 6 aromatic carbocycles. The van der Waals surface area contributed by atoms with E-state index in [1.165, 1.54) is 44.7 Å². The summed E-state index contributed by atoms with van der Waals surface area (Å²) in [6.07, 6.45) is -8.83. The minimum Gasteiger partial charge on any atom is -0.495 e. The van der Waals surface area contributed by atoms with Gasteiger partial charge in [0.05, 0.1) is 36.3 Å². The molecule has 0 radical (unpaired) electrons. The molecule has 5 aromatic heterocycles. The molecule has 45 heteroatoms. The number of hydrogen-bond acceptors (Lipinski definition) is 25. The molecule has 131 heavy (non-hydrogen) atoms. The van der Waals surface area contributed by atoms with Gasteiger partial charge in [-0.05, 0) is 199 Å². The SMILES string of the molecule is CCP(=O)(CC)c1ccc(Nc2ncc(C(F)(F)F)c(OC3CCNCC3)n2)c(OC)c1.CCP(=O)(CC)c1ccc(Oc2nc(Nc3ccc(C(=O)NC4CC4)cc3F)ncc2C(F)(F)F)cc1.COc1cc(P(C)(C)=O)ccc1Nc1ncc(C(F)(F)F)c(OCc2cccnc2)n1.Cc1cc(P(C)(C)=O)ccc1Nc1ncc(C(F)(F)F)c(Oc2ccc(F)cc2Cl)n1. The molecular weight excluding hydrogens is 1840 g/mol. The number of halogens is 15. The Balaban J connectivity index is 0.000000182. The Bertz CT molecular complexity index is 6040. The first kappa shape index (κ1) is 102. The number of nitrogens with zero attached hydrogens (tertiary/aromatic N) is 9. The summed E-state index contributed by atoms with van der Waals surface area (Å²) in [6.45, 7) is 16.9. The van der Waals surface area contributed by atoms with Crippen LogP contribution in [-0.2, 0) is 49.6 Å². The monoisotopic (exact) mass is 1930 g/mol. The molecule has 0 atom stereocenters. The lowest BCUT2D eigenvalue weighted by Crippen LogP contribution is -2.34. The number of anilines is 8. The maximum absolute atomic E-state index is 14.6. The zero-order valence-electron chi connectivity index (χ0n) is 72.0. The Kier molecular flexibility index (Phi) is 33.5. The summed E-state index contributed by atoms with van der Waals surface area (Å²) >= 11 is 5.86. The van der Waals surface area contributed by atoms with E-state index in [9.17, 15) is 84.5 Å². The van der Waals surface area contributed by atoms with Gasteiger partial charge < -0.3 is 78.6 Å². The van der Waals surface area contributed by atoms with Crippen molar-refractivity contribution in [3.63, 3.8) is 0 Å². The number of pyridine rings is 1. The molecule has 13 rings (SSSR count). The van der Waals surface area contributed by atoms with E-state index in [1.807, 2.05) is 27.7 Å². The first-order valence-corrected chi connectivity index (χ1v) is 49.9. The second-order valence-corrected chi connectivity index (χ2v) is 44.1. The number of benzene rings is 6. The van der Waals surface area contributed by atoms with Crippen molar-refractivity contribution in [3.05, 3.63) is 220 Å². The Morgan fingerprint density at radius 2 is 0.916 bits per heavy atom. The van der Waals surface area contributed by atoms with Crippen LogP contribution in [0.4, 0.5) is 108 Å². The number of aromatic nitrogens is 9. The van der Waals surface area contributed by atoms with Crippen LogP contribution in [-0.4, -0.2) is 142 Å². The molecule has 6 N–H and O–H groups in total. The van der Waals surface area contributed by atoms with Gasteiger partial charge in [0.2, 0.25) is 47.3 Å². The predicted molar refractivity (Wildman–Crippen MR) is 473 cm³/mol. The molecule has 1 amide bonds. The first-order chi connectivity index (χ1) is 61.6. The van der Waals surface area contributed by atoms with Gasteiger partial charge in [0.1, 0.15) is 98.2 Å². The molecule has 700 valence electrons. The topological polar surface area (TPSA) is 329 Å². The van der Waals surface area contributed by atoms with Gasteiger partial charge >= 0.3 is 24.7 Å². The van der Waals surface area contributed by atoms with E-state index in [1.54, 1.807) is 119 Å². The van der Waals surface area contributed by atoms with Gasteiger partial charge in [-0.3, -0.25) is 9.78 Å². The summed E-state index contributed by atoms with van der Waals surface area (Å²) in [5.74, 6) is -4.63. The van der Waals surface area contributed by atoms with Gasteiger partial charge in [-0.25, -0.2) is 28.7 Å². The quantitative estimate of drug-likeness (QED) is 0.0187. The fourth-order valence-electron chi connectivity index (χ4n) is 12.3. The van der Waals surface area contributed by atoms with Gasteiger partial charge in [0, 0.05) is 106 Å². The van der Waals surface area contributed by atoms with Crippen LogP contribution in [0.25, 0.3) is 0 Å². The smallest absolute Gasteiger partial charge is 0.423 e. The molecule has 1 aliphatic heterocycles. The summed E-state index contributed by atoms with van der Waals surface area (Å²) in [4.78, 5) is 46.5. The number of piperidine rings is 1.